The van der Waals surface area contributed by atoms with Gasteiger partial charge in [-0.2, -0.15) is 0 Å². The molecule has 0 bridgehead atoms. The van der Waals surface area contributed by atoms with Crippen molar-refractivity contribution < 1.29 is 4.79 Å². The summed E-state index contributed by atoms with van der Waals surface area (Å²) >= 11 is 0. The van der Waals surface area contributed by atoms with Gasteiger partial charge in [-0.1, -0.05) is 26.0 Å². The van der Waals surface area contributed by atoms with Gasteiger partial charge < -0.3 is 10.2 Å². The lowest BCUT2D eigenvalue weighted by molar-refractivity contribution is -0.120. The first-order valence-electron chi connectivity index (χ1n) is 10.1. The molecule has 6 heteroatoms. The van der Waals surface area contributed by atoms with Gasteiger partial charge in [0.2, 0.25) is 5.91 Å². The van der Waals surface area contributed by atoms with Crippen LogP contribution in [-0.4, -0.2) is 53.0 Å². The van der Waals surface area contributed by atoms with E-state index in [9.17, 15) is 4.79 Å². The van der Waals surface area contributed by atoms with Crippen LogP contribution in [0, 0.1) is 13.8 Å². The van der Waals surface area contributed by atoms with E-state index < -0.39 is 0 Å². The van der Waals surface area contributed by atoms with Gasteiger partial charge in [-0.15, -0.1) is 0 Å². The molecule has 1 aromatic heterocycles. The van der Waals surface area contributed by atoms with Crippen LogP contribution in [0.4, 0.5) is 11.5 Å². The number of rotatable bonds is 5. The number of amides is 1. The molecule has 1 fully saturated rings. The topological polar surface area (TPSA) is 61.4 Å². The Bertz CT molecular complexity index is 827. The van der Waals surface area contributed by atoms with E-state index in [0.717, 1.165) is 54.8 Å². The average Bonchev–Trinajstić information content (AvgIpc) is 2.67. The first kappa shape index (κ1) is 20.3. The molecule has 2 aromatic rings. The van der Waals surface area contributed by atoms with E-state index in [0.29, 0.717) is 5.92 Å². The van der Waals surface area contributed by atoms with Gasteiger partial charge in [-0.3, -0.25) is 9.69 Å². The second-order valence-corrected chi connectivity index (χ2v) is 7.94. The Kier molecular flexibility index (Phi) is 6.29. The Hall–Kier alpha value is -2.47. The van der Waals surface area contributed by atoms with Gasteiger partial charge in [0.1, 0.15) is 11.6 Å². The Balaban J connectivity index is 1.59. The standard InChI is InChI=1S/C22H31N5O/c1-15(2)21-23-17(4)14-20(25-21)27-11-9-26(10-12-27)18(5)22(28)24-19-8-6-7-16(3)13-19/h6-8,13-15,18H,9-12H2,1-5H3,(H,24,28)/t18-/m1/s1. The van der Waals surface area contributed by atoms with Gasteiger partial charge in [0.05, 0.1) is 6.04 Å². The molecule has 1 atom stereocenters. The Morgan fingerprint density at radius 1 is 1.04 bits per heavy atom. The molecule has 1 aliphatic rings. The molecule has 1 N–H and O–H groups in total. The lowest BCUT2D eigenvalue weighted by Gasteiger charge is -2.38. The quantitative estimate of drug-likeness (QED) is 0.860. The number of carbonyl (C=O) groups excluding carboxylic acids is 1. The van der Waals surface area contributed by atoms with Crippen molar-refractivity contribution in [2.45, 2.75) is 46.6 Å². The van der Waals surface area contributed by atoms with Crippen molar-refractivity contribution >= 4 is 17.4 Å². The maximum Gasteiger partial charge on any atom is 0.241 e. The largest absolute Gasteiger partial charge is 0.354 e. The van der Waals surface area contributed by atoms with Crippen LogP contribution in [0.5, 0.6) is 0 Å². The number of aryl methyl sites for hydroxylation is 2. The van der Waals surface area contributed by atoms with Crippen LogP contribution in [0.1, 0.15) is 43.8 Å². The minimum absolute atomic E-state index is 0.0408. The highest BCUT2D eigenvalue weighted by molar-refractivity contribution is 5.94. The molecular weight excluding hydrogens is 350 g/mol. The number of hydrogen-bond donors (Lipinski definition) is 1. The summed E-state index contributed by atoms with van der Waals surface area (Å²) in [4.78, 5) is 26.5. The van der Waals surface area contributed by atoms with E-state index in [4.69, 9.17) is 4.98 Å². The Morgan fingerprint density at radius 3 is 2.39 bits per heavy atom. The summed E-state index contributed by atoms with van der Waals surface area (Å²) in [6, 6.07) is 9.79. The van der Waals surface area contributed by atoms with Gasteiger partial charge in [-0.05, 0) is 38.5 Å². The van der Waals surface area contributed by atoms with Crippen LogP contribution in [0.25, 0.3) is 0 Å². The fourth-order valence-corrected chi connectivity index (χ4v) is 3.47. The van der Waals surface area contributed by atoms with Crippen molar-refractivity contribution in [1.29, 1.82) is 0 Å². The second-order valence-electron chi connectivity index (χ2n) is 7.94. The van der Waals surface area contributed by atoms with Crippen LogP contribution in [-0.2, 0) is 4.79 Å². The van der Waals surface area contributed by atoms with E-state index in [2.05, 4.69) is 40.0 Å². The van der Waals surface area contributed by atoms with Crippen molar-refractivity contribution in [1.82, 2.24) is 14.9 Å². The summed E-state index contributed by atoms with van der Waals surface area (Å²) in [5.74, 6) is 2.24. The van der Waals surface area contributed by atoms with Crippen molar-refractivity contribution in [2.24, 2.45) is 0 Å². The molecule has 150 valence electrons. The summed E-state index contributed by atoms with van der Waals surface area (Å²) in [5, 5.41) is 3.04. The van der Waals surface area contributed by atoms with Crippen molar-refractivity contribution in [3.05, 3.63) is 47.4 Å². The second kappa shape index (κ2) is 8.69. The van der Waals surface area contributed by atoms with E-state index in [1.807, 2.05) is 45.0 Å². The minimum atomic E-state index is -0.166. The number of aromatic nitrogens is 2. The number of piperazine rings is 1. The van der Waals surface area contributed by atoms with E-state index in [-0.39, 0.29) is 11.9 Å². The smallest absolute Gasteiger partial charge is 0.241 e. The fraction of sp³-hybridized carbons (Fsp3) is 0.500. The third-order valence-electron chi connectivity index (χ3n) is 5.23. The van der Waals surface area contributed by atoms with Crippen LogP contribution in [0.15, 0.2) is 30.3 Å². The Morgan fingerprint density at radius 2 is 1.75 bits per heavy atom. The SMILES string of the molecule is Cc1cccc(NC(=O)[C@@H](C)N2CCN(c3cc(C)nc(C(C)C)n3)CC2)c1. The highest BCUT2D eigenvalue weighted by Crippen LogP contribution is 2.20. The van der Waals surface area contributed by atoms with E-state index in [1.165, 1.54) is 0 Å². The highest BCUT2D eigenvalue weighted by atomic mass is 16.2. The van der Waals surface area contributed by atoms with Gasteiger partial charge in [0.25, 0.3) is 0 Å². The van der Waals surface area contributed by atoms with Crippen LogP contribution >= 0.6 is 0 Å². The molecule has 1 amide bonds. The first-order chi connectivity index (χ1) is 13.3. The third kappa shape index (κ3) is 4.87. The molecule has 1 saturated heterocycles. The van der Waals surface area contributed by atoms with Crippen molar-refractivity contribution in [2.75, 3.05) is 36.4 Å². The number of nitrogens with one attached hydrogen (secondary N) is 1. The summed E-state index contributed by atoms with van der Waals surface area (Å²) in [7, 11) is 0. The molecule has 3 rings (SSSR count). The van der Waals surface area contributed by atoms with Crippen LogP contribution < -0.4 is 10.2 Å². The first-order valence-corrected chi connectivity index (χ1v) is 10.1. The normalized spacial score (nSPS) is 16.3. The molecule has 0 radical (unpaired) electrons. The molecule has 1 aliphatic heterocycles. The van der Waals surface area contributed by atoms with Gasteiger partial charge in [-0.25, -0.2) is 9.97 Å². The predicted molar refractivity (Wildman–Crippen MR) is 114 cm³/mol. The monoisotopic (exact) mass is 381 g/mol. The molecule has 1 aromatic carbocycles. The van der Waals surface area contributed by atoms with Crippen molar-refractivity contribution in [3.8, 4) is 0 Å². The maximum atomic E-state index is 12.7. The minimum Gasteiger partial charge on any atom is -0.354 e. The zero-order valence-electron chi connectivity index (χ0n) is 17.6. The summed E-state index contributed by atoms with van der Waals surface area (Å²) in [5.41, 5.74) is 3.00. The lowest BCUT2D eigenvalue weighted by atomic mass is 10.2. The molecule has 0 aliphatic carbocycles. The predicted octanol–water partition coefficient (Wildman–Crippen LogP) is 3.37. The molecule has 6 nitrogen and oxygen atoms in total. The van der Waals surface area contributed by atoms with Gasteiger partial charge in [0.15, 0.2) is 0 Å². The van der Waals surface area contributed by atoms with E-state index in [1.54, 1.807) is 0 Å². The zero-order chi connectivity index (χ0) is 20.3. The lowest BCUT2D eigenvalue weighted by Crippen LogP contribution is -2.53. The number of carbonyl (C=O) groups is 1. The number of benzene rings is 1. The van der Waals surface area contributed by atoms with Crippen LogP contribution in [0.3, 0.4) is 0 Å². The zero-order valence-corrected chi connectivity index (χ0v) is 17.6. The molecule has 2 heterocycles. The van der Waals surface area contributed by atoms with Crippen LogP contribution in [0.2, 0.25) is 0 Å². The number of nitrogens with zero attached hydrogens (tertiary/aromatic N) is 4. The maximum absolute atomic E-state index is 12.7. The third-order valence-corrected chi connectivity index (χ3v) is 5.23. The Labute approximate surface area is 168 Å². The van der Waals surface area contributed by atoms with E-state index >= 15 is 0 Å². The fourth-order valence-electron chi connectivity index (χ4n) is 3.47. The summed E-state index contributed by atoms with van der Waals surface area (Å²) < 4.78 is 0. The molecule has 0 spiro atoms. The highest BCUT2D eigenvalue weighted by Gasteiger charge is 2.26. The molecule has 0 unspecified atom stereocenters. The summed E-state index contributed by atoms with van der Waals surface area (Å²) in [6.45, 7) is 13.6. The van der Waals surface area contributed by atoms with Gasteiger partial charge in [0, 0.05) is 49.5 Å². The van der Waals surface area contributed by atoms with Crippen molar-refractivity contribution in [3.63, 3.8) is 0 Å². The van der Waals surface area contributed by atoms with Gasteiger partial charge >= 0.3 is 0 Å². The molecule has 28 heavy (non-hydrogen) atoms. The number of hydrogen-bond acceptors (Lipinski definition) is 5. The number of anilines is 2. The molecule has 0 saturated carbocycles. The molecular formula is C22H31N5O. The summed E-state index contributed by atoms with van der Waals surface area (Å²) in [6.07, 6.45) is 0. The average molecular weight is 382 g/mol.